The van der Waals surface area contributed by atoms with Crippen LogP contribution in [0.2, 0.25) is 0 Å². The number of aliphatic hydroxyl groups excluding tert-OH is 1. The van der Waals surface area contributed by atoms with Gasteiger partial charge in [0.2, 0.25) is 10.0 Å². The van der Waals surface area contributed by atoms with E-state index in [4.69, 9.17) is 5.11 Å². The first-order valence-corrected chi connectivity index (χ1v) is 8.24. The first kappa shape index (κ1) is 15.4. The number of benzene rings is 1. The molecule has 2 rings (SSSR count). The van der Waals surface area contributed by atoms with Gasteiger partial charge in [0.1, 0.15) is 5.82 Å². The molecule has 1 fully saturated rings. The van der Waals surface area contributed by atoms with Gasteiger partial charge in [0.25, 0.3) is 0 Å². The lowest BCUT2D eigenvalue weighted by molar-refractivity contribution is 0.280. The van der Waals surface area contributed by atoms with Gasteiger partial charge in [-0.25, -0.2) is 12.8 Å². The molecule has 4 nitrogen and oxygen atoms in total. The van der Waals surface area contributed by atoms with Crippen molar-refractivity contribution in [1.82, 2.24) is 4.31 Å². The van der Waals surface area contributed by atoms with Gasteiger partial charge in [0.05, 0.1) is 11.5 Å². The van der Waals surface area contributed by atoms with Crippen molar-refractivity contribution in [2.24, 2.45) is 5.92 Å². The molecule has 0 aliphatic carbocycles. The minimum atomic E-state index is -3.69. The average Bonchev–Trinajstić information content (AvgIpc) is 2.91. The smallest absolute Gasteiger partial charge is 0.243 e. The van der Waals surface area contributed by atoms with E-state index >= 15 is 0 Å². The minimum Gasteiger partial charge on any atom is -0.392 e. The van der Waals surface area contributed by atoms with Gasteiger partial charge in [-0.15, -0.1) is 0 Å². The van der Waals surface area contributed by atoms with Gasteiger partial charge in [0, 0.05) is 18.7 Å². The Morgan fingerprint density at radius 3 is 2.70 bits per heavy atom. The van der Waals surface area contributed by atoms with Crippen molar-refractivity contribution >= 4 is 10.0 Å². The molecule has 20 heavy (non-hydrogen) atoms. The molecule has 112 valence electrons. The highest BCUT2D eigenvalue weighted by Crippen LogP contribution is 2.29. The van der Waals surface area contributed by atoms with E-state index in [2.05, 4.69) is 0 Å². The Labute approximate surface area is 119 Å². The third-order valence-corrected chi connectivity index (χ3v) is 5.97. The highest BCUT2D eigenvalue weighted by Gasteiger charge is 2.33. The maximum Gasteiger partial charge on any atom is 0.243 e. The average molecular weight is 301 g/mol. The Bertz CT molecular complexity index is 601. The van der Waals surface area contributed by atoms with Crippen molar-refractivity contribution in [3.63, 3.8) is 0 Å². The van der Waals surface area contributed by atoms with Crippen molar-refractivity contribution < 1.29 is 17.9 Å². The third-order valence-electron chi connectivity index (χ3n) is 3.98. The van der Waals surface area contributed by atoms with Crippen molar-refractivity contribution in [1.29, 1.82) is 0 Å². The second kappa shape index (κ2) is 5.79. The van der Waals surface area contributed by atoms with Crippen molar-refractivity contribution in [2.45, 2.75) is 38.2 Å². The Balaban J connectivity index is 2.42. The van der Waals surface area contributed by atoms with E-state index in [-0.39, 0.29) is 22.6 Å². The third kappa shape index (κ3) is 2.73. The molecule has 1 N–H and O–H groups in total. The zero-order valence-corrected chi connectivity index (χ0v) is 12.6. The first-order chi connectivity index (χ1) is 9.40. The molecule has 0 amide bonds. The summed E-state index contributed by atoms with van der Waals surface area (Å²) in [5.74, 6) is -0.225. The van der Waals surface area contributed by atoms with Crippen LogP contribution in [0.25, 0.3) is 0 Å². The lowest BCUT2D eigenvalue weighted by atomic mass is 10.1. The maximum atomic E-state index is 13.8. The van der Waals surface area contributed by atoms with Crippen LogP contribution in [-0.4, -0.2) is 30.9 Å². The van der Waals surface area contributed by atoms with Gasteiger partial charge >= 0.3 is 0 Å². The van der Waals surface area contributed by atoms with Crippen molar-refractivity contribution in [3.8, 4) is 0 Å². The standard InChI is InChI=1S/C14H20FNO3S/c1-3-11-4-5-16(8-11)20(18,19)14-7-12(9-17)6-13(15)10(14)2/h6-7,11,17H,3-5,8-9H2,1-2H3. The second-order valence-electron chi connectivity index (χ2n) is 5.28. The number of hydrogen-bond donors (Lipinski definition) is 1. The fraction of sp³-hybridized carbons (Fsp3) is 0.571. The predicted molar refractivity (Wildman–Crippen MR) is 74.2 cm³/mol. The summed E-state index contributed by atoms with van der Waals surface area (Å²) < 4.78 is 40.4. The highest BCUT2D eigenvalue weighted by atomic mass is 32.2. The van der Waals surface area contributed by atoms with Gasteiger partial charge < -0.3 is 5.11 Å². The van der Waals surface area contributed by atoms with Crippen molar-refractivity contribution in [2.75, 3.05) is 13.1 Å². The zero-order chi connectivity index (χ0) is 14.9. The van der Waals surface area contributed by atoms with Gasteiger partial charge in [0.15, 0.2) is 0 Å². The SMILES string of the molecule is CCC1CCN(S(=O)(=O)c2cc(CO)cc(F)c2C)C1. The Morgan fingerprint density at radius 1 is 1.45 bits per heavy atom. The van der Waals surface area contributed by atoms with E-state index in [0.29, 0.717) is 19.0 Å². The Kier molecular flexibility index (Phi) is 4.46. The lowest BCUT2D eigenvalue weighted by Crippen LogP contribution is -2.29. The molecular weight excluding hydrogens is 281 g/mol. The number of sulfonamides is 1. The van der Waals surface area contributed by atoms with Crippen molar-refractivity contribution in [3.05, 3.63) is 29.1 Å². The highest BCUT2D eigenvalue weighted by molar-refractivity contribution is 7.89. The van der Waals surface area contributed by atoms with Gasteiger partial charge in [-0.3, -0.25) is 0 Å². The van der Waals surface area contributed by atoms with Gasteiger partial charge in [-0.05, 0) is 37.0 Å². The molecule has 1 atom stereocenters. The van der Waals surface area contributed by atoms with E-state index < -0.39 is 15.8 Å². The van der Waals surface area contributed by atoms with Crippen LogP contribution in [0, 0.1) is 18.7 Å². The van der Waals surface area contributed by atoms with E-state index in [1.54, 1.807) is 0 Å². The molecule has 0 bridgehead atoms. The van der Waals surface area contributed by atoms with Crippen LogP contribution in [0.1, 0.15) is 30.9 Å². The van der Waals surface area contributed by atoms with Gasteiger partial charge in [-0.1, -0.05) is 13.3 Å². The Hall–Kier alpha value is -0.980. The fourth-order valence-electron chi connectivity index (χ4n) is 2.55. The number of hydrogen-bond acceptors (Lipinski definition) is 3. The largest absolute Gasteiger partial charge is 0.392 e. The number of rotatable bonds is 4. The molecule has 1 saturated heterocycles. The molecule has 1 heterocycles. The molecule has 1 aromatic carbocycles. The van der Waals surface area contributed by atoms with Crippen LogP contribution in [0.4, 0.5) is 4.39 Å². The summed E-state index contributed by atoms with van der Waals surface area (Å²) in [4.78, 5) is -0.0293. The van der Waals surface area contributed by atoms with Crippen LogP contribution >= 0.6 is 0 Å². The maximum absolute atomic E-state index is 13.8. The molecule has 1 unspecified atom stereocenters. The molecule has 0 saturated carbocycles. The van der Waals surface area contributed by atoms with Gasteiger partial charge in [-0.2, -0.15) is 4.31 Å². The van der Waals surface area contributed by atoms with Crippen LogP contribution in [0.15, 0.2) is 17.0 Å². The normalized spacial score (nSPS) is 20.5. The molecule has 0 aromatic heterocycles. The van der Waals surface area contributed by atoms with E-state index in [1.807, 2.05) is 6.92 Å². The topological polar surface area (TPSA) is 57.6 Å². The van der Waals surface area contributed by atoms with E-state index in [0.717, 1.165) is 12.8 Å². The second-order valence-corrected chi connectivity index (χ2v) is 7.19. The molecule has 0 spiro atoms. The number of halogens is 1. The summed E-state index contributed by atoms with van der Waals surface area (Å²) in [6, 6.07) is 2.54. The minimum absolute atomic E-state index is 0.0293. The number of nitrogens with zero attached hydrogens (tertiary/aromatic N) is 1. The molecule has 0 radical (unpaired) electrons. The molecule has 6 heteroatoms. The Morgan fingerprint density at radius 2 is 2.15 bits per heavy atom. The fourth-order valence-corrected chi connectivity index (χ4v) is 4.37. The van der Waals surface area contributed by atoms with E-state index in [9.17, 15) is 12.8 Å². The number of aliphatic hydroxyl groups is 1. The summed E-state index contributed by atoms with van der Waals surface area (Å²) in [6.07, 6.45) is 1.78. The molecule has 1 aliphatic rings. The monoisotopic (exact) mass is 301 g/mol. The van der Waals surface area contributed by atoms with Crippen LogP contribution < -0.4 is 0 Å². The first-order valence-electron chi connectivity index (χ1n) is 6.80. The van der Waals surface area contributed by atoms with Crippen LogP contribution in [-0.2, 0) is 16.6 Å². The predicted octanol–water partition coefficient (Wildman–Crippen LogP) is 2.05. The summed E-state index contributed by atoms with van der Waals surface area (Å²) >= 11 is 0. The van der Waals surface area contributed by atoms with Crippen LogP contribution in [0.3, 0.4) is 0 Å². The summed E-state index contributed by atoms with van der Waals surface area (Å²) in [5, 5.41) is 9.11. The summed E-state index contributed by atoms with van der Waals surface area (Å²) in [7, 11) is -3.69. The summed E-state index contributed by atoms with van der Waals surface area (Å²) in [6.45, 7) is 4.08. The molecule has 1 aromatic rings. The summed E-state index contributed by atoms with van der Waals surface area (Å²) in [5.41, 5.74) is 0.389. The van der Waals surface area contributed by atoms with Crippen LogP contribution in [0.5, 0.6) is 0 Å². The quantitative estimate of drug-likeness (QED) is 0.926. The lowest BCUT2D eigenvalue weighted by Gasteiger charge is -2.18. The zero-order valence-electron chi connectivity index (χ0n) is 11.8. The van der Waals surface area contributed by atoms with E-state index in [1.165, 1.54) is 23.4 Å². The molecular formula is C14H20FNO3S. The molecule has 1 aliphatic heterocycles.